The molecule has 0 unspecified atom stereocenters. The van der Waals surface area contributed by atoms with Gasteiger partial charge in [0, 0.05) is 11.6 Å². The fourth-order valence-electron chi connectivity index (χ4n) is 2.33. The molecule has 0 saturated heterocycles. The summed E-state index contributed by atoms with van der Waals surface area (Å²) in [5, 5.41) is 0. The van der Waals surface area contributed by atoms with E-state index in [-0.39, 0.29) is 0 Å². The molecule has 2 heterocycles. The van der Waals surface area contributed by atoms with E-state index in [1.807, 2.05) is 54.6 Å². The molecule has 2 aromatic heterocycles. The molecule has 0 bridgehead atoms. The number of hydrogen-bond donors (Lipinski definition) is 0. The molecule has 4 aromatic rings. The Hall–Kier alpha value is -2.68. The number of rotatable bonds is 1. The summed E-state index contributed by atoms with van der Waals surface area (Å²) in [6.45, 7) is 2.05. The zero-order valence-corrected chi connectivity index (χ0v) is 11.0. The van der Waals surface area contributed by atoms with Crippen molar-refractivity contribution in [3.8, 4) is 11.3 Å². The van der Waals surface area contributed by atoms with Gasteiger partial charge in [-0.15, -0.1) is 0 Å². The fraction of sp³-hybridized carbons (Fsp3) is 0.0588. The van der Waals surface area contributed by atoms with Gasteiger partial charge in [-0.1, -0.05) is 36.4 Å². The molecule has 4 rings (SSSR count). The molecule has 0 spiro atoms. The molecule has 2 aromatic carbocycles. The third-order valence-corrected chi connectivity index (χ3v) is 3.35. The van der Waals surface area contributed by atoms with E-state index in [1.165, 1.54) is 5.56 Å². The first-order valence-corrected chi connectivity index (χ1v) is 6.53. The molecule has 0 aliphatic rings. The molecule has 0 fully saturated rings. The van der Waals surface area contributed by atoms with Gasteiger partial charge < -0.3 is 4.42 Å². The number of hydrogen-bond acceptors (Lipinski definition) is 3. The highest BCUT2D eigenvalue weighted by atomic mass is 16.3. The lowest BCUT2D eigenvalue weighted by atomic mass is 10.2. The van der Waals surface area contributed by atoms with Gasteiger partial charge >= 0.3 is 0 Å². The normalized spacial score (nSPS) is 11.2. The quantitative estimate of drug-likeness (QED) is 0.510. The summed E-state index contributed by atoms with van der Waals surface area (Å²) < 4.78 is 5.82. The molecule has 3 nitrogen and oxygen atoms in total. The molecule has 0 amide bonds. The molecular weight excluding hydrogens is 248 g/mol. The second-order valence-corrected chi connectivity index (χ2v) is 4.88. The fourth-order valence-corrected chi connectivity index (χ4v) is 2.33. The highest BCUT2D eigenvalue weighted by Gasteiger charge is 2.09. The van der Waals surface area contributed by atoms with E-state index in [9.17, 15) is 0 Å². The van der Waals surface area contributed by atoms with Gasteiger partial charge in [-0.3, -0.25) is 0 Å². The van der Waals surface area contributed by atoms with Gasteiger partial charge in [0.1, 0.15) is 11.3 Å². The van der Waals surface area contributed by atoms with Gasteiger partial charge in [0.2, 0.25) is 5.71 Å². The topological polar surface area (TPSA) is 38.9 Å². The van der Waals surface area contributed by atoms with Crippen molar-refractivity contribution in [2.24, 2.45) is 0 Å². The summed E-state index contributed by atoms with van der Waals surface area (Å²) >= 11 is 0. The highest BCUT2D eigenvalue weighted by molar-refractivity contribution is 5.86. The van der Waals surface area contributed by atoms with Crippen molar-refractivity contribution in [2.75, 3.05) is 0 Å². The smallest absolute Gasteiger partial charge is 0.246 e. The van der Waals surface area contributed by atoms with Crippen LogP contribution in [0.1, 0.15) is 5.56 Å². The Bertz CT molecular complexity index is 910. The van der Waals surface area contributed by atoms with Crippen molar-refractivity contribution >= 4 is 22.3 Å². The van der Waals surface area contributed by atoms with E-state index >= 15 is 0 Å². The van der Waals surface area contributed by atoms with Crippen LogP contribution in [0.15, 0.2) is 59.0 Å². The van der Waals surface area contributed by atoms with Crippen molar-refractivity contribution in [2.45, 2.75) is 6.92 Å². The number of furan rings is 1. The van der Waals surface area contributed by atoms with Crippen molar-refractivity contribution in [3.05, 3.63) is 60.2 Å². The van der Waals surface area contributed by atoms with Crippen molar-refractivity contribution in [1.29, 1.82) is 0 Å². The van der Waals surface area contributed by atoms with E-state index in [4.69, 9.17) is 4.42 Å². The summed E-state index contributed by atoms with van der Waals surface area (Å²) in [7, 11) is 0. The first kappa shape index (κ1) is 11.2. The van der Waals surface area contributed by atoms with Crippen LogP contribution < -0.4 is 0 Å². The molecule has 0 radical (unpaired) electrons. The predicted octanol–water partition coefficient (Wildman–Crippen LogP) is 4.35. The van der Waals surface area contributed by atoms with Crippen LogP contribution >= 0.6 is 0 Å². The van der Waals surface area contributed by atoms with Crippen LogP contribution in [0.25, 0.3) is 33.6 Å². The van der Waals surface area contributed by atoms with Crippen LogP contribution in [0.5, 0.6) is 0 Å². The second kappa shape index (κ2) is 4.17. The van der Waals surface area contributed by atoms with Crippen LogP contribution in [0.4, 0.5) is 0 Å². The lowest BCUT2D eigenvalue weighted by Gasteiger charge is -1.97. The minimum absolute atomic E-state index is 0.584. The first-order valence-electron chi connectivity index (χ1n) is 6.53. The lowest BCUT2D eigenvalue weighted by Crippen LogP contribution is -1.84. The van der Waals surface area contributed by atoms with Crippen LogP contribution in [0.3, 0.4) is 0 Å². The van der Waals surface area contributed by atoms with Crippen molar-refractivity contribution in [3.63, 3.8) is 0 Å². The molecule has 0 aliphatic carbocycles. The summed E-state index contributed by atoms with van der Waals surface area (Å²) in [4.78, 5) is 9.16. The van der Waals surface area contributed by atoms with Gasteiger partial charge in [0.05, 0.1) is 11.0 Å². The third kappa shape index (κ3) is 1.75. The third-order valence-electron chi connectivity index (χ3n) is 3.35. The zero-order chi connectivity index (χ0) is 13.5. The predicted molar refractivity (Wildman–Crippen MR) is 79.5 cm³/mol. The van der Waals surface area contributed by atoms with Gasteiger partial charge in [0.25, 0.3) is 0 Å². The van der Waals surface area contributed by atoms with Crippen molar-refractivity contribution < 1.29 is 4.42 Å². The summed E-state index contributed by atoms with van der Waals surface area (Å²) in [5.74, 6) is 0.799. The zero-order valence-electron chi connectivity index (χ0n) is 11.0. The molecule has 20 heavy (non-hydrogen) atoms. The lowest BCUT2D eigenvalue weighted by molar-refractivity contribution is 0.619. The maximum absolute atomic E-state index is 5.82. The molecule has 96 valence electrons. The average Bonchev–Trinajstić information content (AvgIpc) is 2.88. The summed E-state index contributed by atoms with van der Waals surface area (Å²) in [6.07, 6.45) is 0. The maximum Gasteiger partial charge on any atom is 0.246 e. The van der Waals surface area contributed by atoms with Gasteiger partial charge in [0.15, 0.2) is 0 Å². The molecule has 0 saturated carbocycles. The van der Waals surface area contributed by atoms with Crippen LogP contribution in [-0.4, -0.2) is 9.97 Å². The SMILES string of the molecule is Cc1ccc2nc3oc(-c4ccccc4)cc3nc2c1. The van der Waals surface area contributed by atoms with E-state index in [0.717, 1.165) is 27.9 Å². The van der Waals surface area contributed by atoms with Gasteiger partial charge in [-0.25, -0.2) is 9.97 Å². The Morgan fingerprint density at radius 3 is 2.50 bits per heavy atom. The summed E-state index contributed by atoms with van der Waals surface area (Å²) in [6, 6.07) is 18.0. The van der Waals surface area contributed by atoms with Crippen LogP contribution in [-0.2, 0) is 0 Å². The number of aromatic nitrogens is 2. The van der Waals surface area contributed by atoms with E-state index in [1.54, 1.807) is 0 Å². The van der Waals surface area contributed by atoms with Crippen LogP contribution in [0, 0.1) is 6.92 Å². The number of benzene rings is 2. The second-order valence-electron chi connectivity index (χ2n) is 4.88. The van der Waals surface area contributed by atoms with Gasteiger partial charge in [-0.2, -0.15) is 0 Å². The van der Waals surface area contributed by atoms with E-state index < -0.39 is 0 Å². The number of fused-ring (bicyclic) bond motifs is 2. The largest absolute Gasteiger partial charge is 0.436 e. The average molecular weight is 260 g/mol. The Balaban J connectivity index is 1.97. The Morgan fingerprint density at radius 1 is 0.800 bits per heavy atom. The Morgan fingerprint density at radius 2 is 1.65 bits per heavy atom. The number of nitrogens with zero attached hydrogens (tertiary/aromatic N) is 2. The van der Waals surface area contributed by atoms with E-state index in [0.29, 0.717) is 5.71 Å². The molecule has 3 heteroatoms. The first-order chi connectivity index (χ1) is 9.79. The Kier molecular flexibility index (Phi) is 2.33. The minimum atomic E-state index is 0.584. The Labute approximate surface area is 115 Å². The monoisotopic (exact) mass is 260 g/mol. The van der Waals surface area contributed by atoms with Crippen molar-refractivity contribution in [1.82, 2.24) is 9.97 Å². The summed E-state index contributed by atoms with van der Waals surface area (Å²) in [5.41, 5.74) is 5.35. The van der Waals surface area contributed by atoms with E-state index in [2.05, 4.69) is 16.9 Å². The minimum Gasteiger partial charge on any atom is -0.436 e. The van der Waals surface area contributed by atoms with Crippen LogP contribution in [0.2, 0.25) is 0 Å². The molecule has 0 atom stereocenters. The van der Waals surface area contributed by atoms with Gasteiger partial charge in [-0.05, 0) is 24.6 Å². The highest BCUT2D eigenvalue weighted by Crippen LogP contribution is 2.27. The standard InChI is InChI=1S/C17H12N2O/c1-11-7-8-13-14(9-11)18-15-10-16(20-17(15)19-13)12-5-3-2-4-6-12/h2-10H,1H3. The molecule has 0 aliphatic heterocycles. The number of aryl methyl sites for hydroxylation is 1. The molecule has 0 N–H and O–H groups in total. The molecular formula is C17H12N2O. The maximum atomic E-state index is 5.82.